The number of nitrogens with zero attached hydrogens (tertiary/aromatic N) is 2. The van der Waals surface area contributed by atoms with Crippen LogP contribution in [0.5, 0.6) is 0 Å². The van der Waals surface area contributed by atoms with Gasteiger partial charge in [-0.25, -0.2) is 4.98 Å². The topological polar surface area (TPSA) is 49.3 Å². The van der Waals surface area contributed by atoms with Gasteiger partial charge in [-0.2, -0.15) is 0 Å². The number of aliphatic imine (C=N–C) groups is 1. The zero-order valence-corrected chi connectivity index (χ0v) is 14.2. The van der Waals surface area contributed by atoms with E-state index in [0.717, 1.165) is 44.0 Å². The molecule has 2 aromatic rings. The van der Waals surface area contributed by atoms with Crippen LogP contribution in [0.1, 0.15) is 22.0 Å². The average molecular weight is 323 g/mol. The maximum Gasteiger partial charge on any atom is 0.190 e. The zero-order valence-electron chi connectivity index (χ0n) is 12.6. The highest BCUT2D eigenvalue weighted by Gasteiger charge is 2.00. The van der Waals surface area contributed by atoms with Crippen LogP contribution >= 0.6 is 22.7 Å². The second kappa shape index (κ2) is 8.79. The van der Waals surface area contributed by atoms with E-state index in [4.69, 9.17) is 0 Å². The van der Waals surface area contributed by atoms with Gasteiger partial charge in [0.1, 0.15) is 0 Å². The maximum atomic E-state index is 4.47. The van der Waals surface area contributed by atoms with Crippen molar-refractivity contribution >= 4 is 28.6 Å². The third kappa shape index (κ3) is 5.85. The van der Waals surface area contributed by atoms with Crippen LogP contribution in [0.3, 0.4) is 0 Å². The van der Waals surface area contributed by atoms with Gasteiger partial charge in [-0.1, -0.05) is 6.07 Å². The molecule has 0 amide bonds. The summed E-state index contributed by atoms with van der Waals surface area (Å²) in [6.45, 7) is 3.86. The molecule has 0 spiro atoms. The summed E-state index contributed by atoms with van der Waals surface area (Å²) in [6.07, 6.45) is 3.13. The van der Waals surface area contributed by atoms with Crippen LogP contribution in [0.25, 0.3) is 0 Å². The number of hydrogen-bond acceptors (Lipinski definition) is 4. The first-order valence-corrected chi connectivity index (χ1v) is 8.92. The molecule has 2 rings (SSSR count). The number of guanidine groups is 1. The van der Waals surface area contributed by atoms with E-state index < -0.39 is 0 Å². The molecule has 2 heterocycles. The van der Waals surface area contributed by atoms with Crippen molar-refractivity contribution < 1.29 is 0 Å². The minimum Gasteiger partial charge on any atom is -0.356 e. The number of rotatable bonds is 7. The number of hydrogen-bond donors (Lipinski definition) is 2. The standard InChI is InChI=1S/C15H22N4S2/c1-12-11-21-14(19-12)6-3-8-17-15(16-2)18-9-7-13-5-4-10-20-13/h4-5,10-11H,3,6-9H2,1-2H3,(H2,16,17,18). The Morgan fingerprint density at radius 3 is 2.76 bits per heavy atom. The highest BCUT2D eigenvalue weighted by Crippen LogP contribution is 2.10. The van der Waals surface area contributed by atoms with Gasteiger partial charge in [0, 0.05) is 42.5 Å². The van der Waals surface area contributed by atoms with E-state index in [0.29, 0.717) is 0 Å². The number of thiazole rings is 1. The van der Waals surface area contributed by atoms with Crippen LogP contribution in [-0.4, -0.2) is 31.1 Å². The molecule has 0 saturated carbocycles. The van der Waals surface area contributed by atoms with Crippen LogP contribution in [0.4, 0.5) is 0 Å². The molecule has 0 aliphatic carbocycles. The summed E-state index contributed by atoms with van der Waals surface area (Å²) in [5.74, 6) is 0.877. The Morgan fingerprint density at radius 2 is 2.10 bits per heavy atom. The van der Waals surface area contributed by atoms with Crippen LogP contribution in [0.2, 0.25) is 0 Å². The molecule has 0 aliphatic rings. The van der Waals surface area contributed by atoms with Crippen molar-refractivity contribution in [2.75, 3.05) is 20.1 Å². The summed E-state index contributed by atoms with van der Waals surface area (Å²) in [5.41, 5.74) is 1.12. The number of aryl methyl sites for hydroxylation is 2. The molecular formula is C15H22N4S2. The van der Waals surface area contributed by atoms with E-state index >= 15 is 0 Å². The predicted molar refractivity (Wildman–Crippen MR) is 92.6 cm³/mol. The quantitative estimate of drug-likeness (QED) is 0.468. The third-order valence-corrected chi connectivity index (χ3v) is 4.96. The molecule has 6 heteroatoms. The van der Waals surface area contributed by atoms with Gasteiger partial charge in [0.25, 0.3) is 0 Å². The predicted octanol–water partition coefficient (Wildman–Crippen LogP) is 2.85. The minimum absolute atomic E-state index is 0.877. The molecule has 2 aromatic heterocycles. The Kier molecular flexibility index (Phi) is 6.69. The van der Waals surface area contributed by atoms with E-state index in [1.54, 1.807) is 22.7 Å². The molecule has 0 unspecified atom stereocenters. The van der Waals surface area contributed by atoms with Crippen molar-refractivity contribution in [1.82, 2.24) is 15.6 Å². The average Bonchev–Trinajstić information content (AvgIpc) is 3.13. The smallest absolute Gasteiger partial charge is 0.190 e. The van der Waals surface area contributed by atoms with Gasteiger partial charge in [-0.15, -0.1) is 22.7 Å². The van der Waals surface area contributed by atoms with Crippen LogP contribution in [-0.2, 0) is 12.8 Å². The first-order valence-electron chi connectivity index (χ1n) is 7.16. The van der Waals surface area contributed by atoms with Crippen molar-refractivity contribution in [1.29, 1.82) is 0 Å². The summed E-state index contributed by atoms with van der Waals surface area (Å²) in [4.78, 5) is 10.1. The highest BCUT2D eigenvalue weighted by molar-refractivity contribution is 7.10. The lowest BCUT2D eigenvalue weighted by Crippen LogP contribution is -2.38. The molecule has 0 bridgehead atoms. The van der Waals surface area contributed by atoms with Gasteiger partial charge >= 0.3 is 0 Å². The third-order valence-electron chi connectivity index (χ3n) is 2.99. The largest absolute Gasteiger partial charge is 0.356 e. The summed E-state index contributed by atoms with van der Waals surface area (Å²) >= 11 is 3.54. The van der Waals surface area contributed by atoms with E-state index in [1.807, 2.05) is 14.0 Å². The molecule has 0 aromatic carbocycles. The van der Waals surface area contributed by atoms with Crippen molar-refractivity contribution in [2.24, 2.45) is 4.99 Å². The first kappa shape index (κ1) is 16.0. The lowest BCUT2D eigenvalue weighted by molar-refractivity contribution is 0.737. The zero-order chi connectivity index (χ0) is 14.9. The fraction of sp³-hybridized carbons (Fsp3) is 0.467. The van der Waals surface area contributed by atoms with Gasteiger partial charge in [-0.3, -0.25) is 4.99 Å². The monoisotopic (exact) mass is 322 g/mol. The second-order valence-corrected chi connectivity index (χ2v) is 6.72. The lowest BCUT2D eigenvalue weighted by Gasteiger charge is -2.11. The van der Waals surface area contributed by atoms with Crippen molar-refractivity contribution in [2.45, 2.75) is 26.2 Å². The molecule has 0 aliphatic heterocycles. The Balaban J connectivity index is 1.59. The molecule has 21 heavy (non-hydrogen) atoms. The molecule has 4 nitrogen and oxygen atoms in total. The van der Waals surface area contributed by atoms with Gasteiger partial charge in [-0.05, 0) is 31.2 Å². The molecular weight excluding hydrogens is 300 g/mol. The maximum absolute atomic E-state index is 4.47. The van der Waals surface area contributed by atoms with Crippen LogP contribution < -0.4 is 10.6 Å². The molecule has 0 fully saturated rings. The van der Waals surface area contributed by atoms with Crippen LogP contribution in [0, 0.1) is 6.92 Å². The summed E-state index contributed by atoms with van der Waals surface area (Å²) in [5, 5.41) is 12.1. The number of aromatic nitrogens is 1. The van der Waals surface area contributed by atoms with Crippen molar-refractivity contribution in [3.05, 3.63) is 38.5 Å². The normalized spacial score (nSPS) is 11.6. The molecule has 114 valence electrons. The fourth-order valence-corrected chi connectivity index (χ4v) is 3.47. The van der Waals surface area contributed by atoms with E-state index in [1.165, 1.54) is 9.88 Å². The molecule has 0 saturated heterocycles. The Bertz CT molecular complexity index is 546. The van der Waals surface area contributed by atoms with Crippen molar-refractivity contribution in [3.63, 3.8) is 0 Å². The van der Waals surface area contributed by atoms with Crippen LogP contribution in [0.15, 0.2) is 27.9 Å². The molecule has 2 N–H and O–H groups in total. The van der Waals surface area contributed by atoms with Gasteiger partial charge in [0.15, 0.2) is 5.96 Å². The molecule has 0 radical (unpaired) electrons. The fourth-order valence-electron chi connectivity index (χ4n) is 1.94. The lowest BCUT2D eigenvalue weighted by atomic mass is 10.3. The van der Waals surface area contributed by atoms with E-state index in [9.17, 15) is 0 Å². The summed E-state index contributed by atoms with van der Waals surface area (Å²) in [7, 11) is 1.81. The van der Waals surface area contributed by atoms with Gasteiger partial charge in [0.2, 0.25) is 0 Å². The Morgan fingerprint density at radius 1 is 1.24 bits per heavy atom. The Labute approximate surface area is 134 Å². The Hall–Kier alpha value is -1.40. The minimum atomic E-state index is 0.877. The highest BCUT2D eigenvalue weighted by atomic mass is 32.1. The first-order chi connectivity index (χ1) is 10.3. The molecule has 0 atom stereocenters. The second-order valence-electron chi connectivity index (χ2n) is 4.74. The van der Waals surface area contributed by atoms with E-state index in [2.05, 4.69) is 43.5 Å². The van der Waals surface area contributed by atoms with Gasteiger partial charge in [0.05, 0.1) is 5.01 Å². The number of thiophene rings is 1. The SMILES string of the molecule is CN=C(NCCCc1nc(C)cs1)NCCc1cccs1. The summed E-state index contributed by atoms with van der Waals surface area (Å²) < 4.78 is 0. The van der Waals surface area contributed by atoms with Crippen molar-refractivity contribution in [3.8, 4) is 0 Å². The van der Waals surface area contributed by atoms with E-state index in [-0.39, 0.29) is 0 Å². The summed E-state index contributed by atoms with van der Waals surface area (Å²) in [6, 6.07) is 4.26. The number of nitrogens with one attached hydrogen (secondary N) is 2. The van der Waals surface area contributed by atoms with Gasteiger partial charge < -0.3 is 10.6 Å².